The van der Waals surface area contributed by atoms with Crippen LogP contribution in [0.1, 0.15) is 33.4 Å². The number of hydrogen-bond acceptors (Lipinski definition) is 7. The molecule has 1 N–H and O–H groups in total. The molecule has 1 saturated heterocycles. The summed E-state index contributed by atoms with van der Waals surface area (Å²) < 4.78 is 63.3. The summed E-state index contributed by atoms with van der Waals surface area (Å²) in [6, 6.07) is 53.6. The lowest BCUT2D eigenvalue weighted by Gasteiger charge is -2.45. The Morgan fingerprint density at radius 1 is 0.552 bits per heavy atom. The van der Waals surface area contributed by atoms with Gasteiger partial charge in [0.15, 0.2) is 0 Å². The topological polar surface area (TPSA) is 92.3 Å². The molecule has 0 unspecified atom stereocenters. The third-order valence-electron chi connectivity index (χ3n) is 9.74. The van der Waals surface area contributed by atoms with Gasteiger partial charge in [-0.25, -0.2) is 8.42 Å². The first-order chi connectivity index (χ1) is 28.4. The summed E-state index contributed by atoms with van der Waals surface area (Å²) in [7, 11) is -3.89. The number of ether oxygens (including phenoxy) is 5. The summed E-state index contributed by atoms with van der Waals surface area (Å²) in [6.45, 7) is 3.35. The second kappa shape index (κ2) is 20.2. The lowest BCUT2D eigenvalue weighted by atomic mass is 9.93. The first kappa shape index (κ1) is 40.6. The predicted octanol–water partition coefficient (Wildman–Crippen LogP) is 8.89. The van der Waals surface area contributed by atoms with E-state index in [2.05, 4.69) is 16.6 Å². The van der Waals surface area contributed by atoms with Crippen molar-refractivity contribution in [2.75, 3.05) is 11.3 Å². The zero-order valence-corrected chi connectivity index (χ0v) is 33.2. The maximum atomic E-state index is 13.5. The average molecular weight is 794 g/mol. The van der Waals surface area contributed by atoms with Crippen LogP contribution in [0.15, 0.2) is 175 Å². The molecule has 0 amide bonds. The lowest BCUT2D eigenvalue weighted by Crippen LogP contribution is -2.60. The molecule has 0 bridgehead atoms. The number of aryl methyl sites for hydroxylation is 1. The molecule has 1 heterocycles. The van der Waals surface area contributed by atoms with Gasteiger partial charge in [0, 0.05) is 5.56 Å². The molecule has 58 heavy (non-hydrogen) atoms. The Labute approximate surface area is 341 Å². The number of anilines is 1. The van der Waals surface area contributed by atoms with Crippen LogP contribution >= 0.6 is 0 Å². The van der Waals surface area contributed by atoms with Gasteiger partial charge in [-0.1, -0.05) is 163 Å². The summed E-state index contributed by atoms with van der Waals surface area (Å²) in [5.74, 6) is 6.58. The highest BCUT2D eigenvalue weighted by atomic mass is 32.2. The number of benzene rings is 6. The van der Waals surface area contributed by atoms with Gasteiger partial charge in [-0.3, -0.25) is 4.72 Å². The van der Waals surface area contributed by atoms with E-state index in [1.807, 2.05) is 134 Å². The Morgan fingerprint density at radius 3 is 1.57 bits per heavy atom. The molecule has 1 aliphatic heterocycles. The quantitative estimate of drug-likeness (QED) is 0.0980. The Bertz CT molecular complexity index is 2330. The van der Waals surface area contributed by atoms with Gasteiger partial charge in [0.2, 0.25) is 0 Å². The van der Waals surface area contributed by atoms with Crippen molar-refractivity contribution in [3.63, 3.8) is 0 Å². The molecule has 6 aromatic carbocycles. The highest BCUT2D eigenvalue weighted by Crippen LogP contribution is 2.31. The average Bonchev–Trinajstić information content (AvgIpc) is 3.26. The molecule has 0 radical (unpaired) electrons. The lowest BCUT2D eigenvalue weighted by molar-refractivity contribution is -0.261. The molecular weight excluding hydrogens is 747 g/mol. The summed E-state index contributed by atoms with van der Waals surface area (Å²) >= 11 is 0. The fourth-order valence-electron chi connectivity index (χ4n) is 6.66. The van der Waals surface area contributed by atoms with E-state index >= 15 is 0 Å². The standard InChI is InChI=1S/C49H47NO7S/c1-37-26-29-43(30-27-37)58(51,52)50-44-25-15-14-24-42(44)28-31-45-47(54-33-39-18-8-3-9-19-39)49(56-35-41-22-12-5-13-23-41)48(55-34-40-20-10-4-11-21-40)46(57-45)36-53-32-38-16-6-2-7-17-38/h2-27,29-30,45-50H,32-36H2,1H3/t45-,46-,47+,48+,49-/m1/s1. The normalized spacial score (nSPS) is 19.2. The fourth-order valence-corrected chi connectivity index (χ4v) is 7.74. The molecule has 296 valence electrons. The molecule has 9 heteroatoms. The third kappa shape index (κ3) is 11.3. The van der Waals surface area contributed by atoms with Crippen molar-refractivity contribution in [2.24, 2.45) is 0 Å². The second-order valence-electron chi connectivity index (χ2n) is 14.1. The van der Waals surface area contributed by atoms with Crippen LogP contribution in [0, 0.1) is 18.8 Å². The Kier molecular flexibility index (Phi) is 14.2. The predicted molar refractivity (Wildman–Crippen MR) is 225 cm³/mol. The molecule has 0 saturated carbocycles. The maximum absolute atomic E-state index is 13.5. The molecular formula is C49H47NO7S. The molecule has 8 nitrogen and oxygen atoms in total. The SMILES string of the molecule is Cc1ccc(S(=O)(=O)Nc2ccccc2C#C[C@H]2O[C@H](COCc3ccccc3)[C@H](OCc3ccccc3)[C@H](OCc3ccccc3)[C@H]2OCc2ccccc2)cc1. The van der Waals surface area contributed by atoms with Crippen LogP contribution in [0.25, 0.3) is 0 Å². The number of nitrogens with one attached hydrogen (secondary N) is 1. The van der Waals surface area contributed by atoms with Crippen LogP contribution in [0.4, 0.5) is 5.69 Å². The number of sulfonamides is 1. The van der Waals surface area contributed by atoms with Gasteiger partial charge in [0.05, 0.1) is 43.6 Å². The highest BCUT2D eigenvalue weighted by Gasteiger charge is 2.48. The molecule has 0 aromatic heterocycles. The van der Waals surface area contributed by atoms with Crippen molar-refractivity contribution in [3.8, 4) is 11.8 Å². The molecule has 0 spiro atoms. The first-order valence-corrected chi connectivity index (χ1v) is 20.8. The van der Waals surface area contributed by atoms with Gasteiger partial charge in [-0.15, -0.1) is 0 Å². The van der Waals surface area contributed by atoms with Crippen molar-refractivity contribution >= 4 is 15.7 Å². The van der Waals surface area contributed by atoms with E-state index in [0.717, 1.165) is 27.8 Å². The second-order valence-corrected chi connectivity index (χ2v) is 15.8. The smallest absolute Gasteiger partial charge is 0.261 e. The maximum Gasteiger partial charge on any atom is 0.261 e. The molecule has 0 aliphatic carbocycles. The minimum atomic E-state index is -3.89. The summed E-state index contributed by atoms with van der Waals surface area (Å²) in [4.78, 5) is 0.157. The Hall–Kier alpha value is -5.57. The van der Waals surface area contributed by atoms with Crippen molar-refractivity contribution in [2.45, 2.75) is 68.8 Å². The minimum Gasteiger partial charge on any atom is -0.374 e. The number of hydrogen-bond donors (Lipinski definition) is 1. The van der Waals surface area contributed by atoms with Crippen LogP contribution in [0.2, 0.25) is 0 Å². The van der Waals surface area contributed by atoms with Gasteiger partial charge in [-0.2, -0.15) is 0 Å². The third-order valence-corrected chi connectivity index (χ3v) is 11.1. The van der Waals surface area contributed by atoms with E-state index in [4.69, 9.17) is 23.7 Å². The van der Waals surface area contributed by atoms with Gasteiger partial charge in [0.25, 0.3) is 10.0 Å². The van der Waals surface area contributed by atoms with Crippen LogP contribution < -0.4 is 4.72 Å². The van der Waals surface area contributed by atoms with E-state index in [1.165, 1.54) is 0 Å². The van der Waals surface area contributed by atoms with Crippen molar-refractivity contribution in [1.82, 2.24) is 0 Å². The zero-order chi connectivity index (χ0) is 40.0. The van der Waals surface area contributed by atoms with Crippen LogP contribution in [-0.2, 0) is 60.1 Å². The first-order valence-electron chi connectivity index (χ1n) is 19.3. The van der Waals surface area contributed by atoms with Crippen LogP contribution in [0.5, 0.6) is 0 Å². The molecule has 5 atom stereocenters. The van der Waals surface area contributed by atoms with E-state index in [1.54, 1.807) is 42.5 Å². The van der Waals surface area contributed by atoms with E-state index in [-0.39, 0.29) is 18.1 Å². The van der Waals surface area contributed by atoms with Gasteiger partial charge >= 0.3 is 0 Å². The molecule has 1 fully saturated rings. The van der Waals surface area contributed by atoms with Crippen molar-refractivity contribution in [3.05, 3.63) is 203 Å². The largest absolute Gasteiger partial charge is 0.374 e. The van der Waals surface area contributed by atoms with Crippen molar-refractivity contribution in [1.29, 1.82) is 0 Å². The summed E-state index contributed by atoms with van der Waals surface area (Å²) in [5.41, 5.74) is 5.78. The van der Waals surface area contributed by atoms with Crippen LogP contribution in [-0.4, -0.2) is 45.5 Å². The number of rotatable bonds is 16. The summed E-state index contributed by atoms with van der Waals surface area (Å²) in [5, 5.41) is 0. The van der Waals surface area contributed by atoms with Gasteiger partial charge < -0.3 is 23.7 Å². The minimum absolute atomic E-state index is 0.157. The van der Waals surface area contributed by atoms with Gasteiger partial charge in [-0.05, 0) is 53.4 Å². The highest BCUT2D eigenvalue weighted by molar-refractivity contribution is 7.92. The molecule has 6 aromatic rings. The molecule has 7 rings (SSSR count). The summed E-state index contributed by atoms with van der Waals surface area (Å²) in [6.07, 6.45) is -3.43. The van der Waals surface area contributed by atoms with E-state index in [0.29, 0.717) is 31.1 Å². The van der Waals surface area contributed by atoms with Gasteiger partial charge in [0.1, 0.15) is 30.5 Å². The van der Waals surface area contributed by atoms with E-state index < -0.39 is 40.5 Å². The fraction of sp³-hybridized carbons (Fsp3) is 0.224. The van der Waals surface area contributed by atoms with Crippen molar-refractivity contribution < 1.29 is 32.1 Å². The van der Waals surface area contributed by atoms with E-state index in [9.17, 15) is 8.42 Å². The molecule has 1 aliphatic rings. The number of para-hydroxylation sites is 1. The Balaban J connectivity index is 1.24. The Morgan fingerprint density at radius 2 is 1.02 bits per heavy atom. The zero-order valence-electron chi connectivity index (χ0n) is 32.4. The van der Waals surface area contributed by atoms with Crippen LogP contribution in [0.3, 0.4) is 0 Å². The monoisotopic (exact) mass is 793 g/mol.